The number of carbonyl (C=O) groups excluding carboxylic acids is 1. The number of hydrogen-bond donors (Lipinski definition) is 2. The van der Waals surface area contributed by atoms with Crippen LogP contribution in [0.2, 0.25) is 0 Å². The lowest BCUT2D eigenvalue weighted by Crippen LogP contribution is -2.13. The molecular formula is C21H16N2O3. The topological polar surface area (TPSA) is 82.4 Å². The summed E-state index contributed by atoms with van der Waals surface area (Å²) < 4.78 is 5.18. The van der Waals surface area contributed by atoms with Crippen molar-refractivity contribution in [1.82, 2.24) is 0 Å². The van der Waals surface area contributed by atoms with Crippen molar-refractivity contribution in [2.75, 3.05) is 5.32 Å². The summed E-state index contributed by atoms with van der Waals surface area (Å²) in [5.41, 5.74) is 3.40. The van der Waals surface area contributed by atoms with Gasteiger partial charge in [0.25, 0.3) is 0 Å². The Labute approximate surface area is 151 Å². The molecule has 5 nitrogen and oxygen atoms in total. The molecule has 1 amide bonds. The highest BCUT2D eigenvalue weighted by molar-refractivity contribution is 5.85. The van der Waals surface area contributed by atoms with Crippen LogP contribution >= 0.6 is 0 Å². The predicted octanol–water partition coefficient (Wildman–Crippen LogP) is 4.68. The van der Waals surface area contributed by atoms with Crippen LogP contribution in [0, 0.1) is 11.3 Å². The van der Waals surface area contributed by atoms with Crippen molar-refractivity contribution in [2.24, 2.45) is 0 Å². The number of aromatic hydroxyl groups is 1. The monoisotopic (exact) mass is 344 g/mol. The van der Waals surface area contributed by atoms with Gasteiger partial charge in [0.15, 0.2) is 0 Å². The summed E-state index contributed by atoms with van der Waals surface area (Å²) in [6, 6.07) is 23.4. The quantitative estimate of drug-likeness (QED) is 0.720. The average molecular weight is 344 g/mol. The molecule has 0 unspecified atom stereocenters. The molecule has 0 spiro atoms. The van der Waals surface area contributed by atoms with E-state index in [0.29, 0.717) is 5.69 Å². The van der Waals surface area contributed by atoms with Crippen LogP contribution in [0.15, 0.2) is 72.8 Å². The summed E-state index contributed by atoms with van der Waals surface area (Å²) in [5, 5.41) is 21.2. The molecule has 3 aromatic rings. The van der Waals surface area contributed by atoms with Crippen molar-refractivity contribution >= 4 is 11.8 Å². The van der Waals surface area contributed by atoms with E-state index in [1.54, 1.807) is 24.3 Å². The van der Waals surface area contributed by atoms with Gasteiger partial charge in [-0.05, 0) is 41.0 Å². The van der Waals surface area contributed by atoms with Crippen molar-refractivity contribution in [3.8, 4) is 22.9 Å². The molecule has 2 N–H and O–H groups in total. The summed E-state index contributed by atoms with van der Waals surface area (Å²) in [4.78, 5) is 11.9. The Morgan fingerprint density at radius 3 is 2.38 bits per heavy atom. The minimum Gasteiger partial charge on any atom is -0.507 e. The van der Waals surface area contributed by atoms with E-state index in [1.165, 1.54) is 6.07 Å². The third kappa shape index (κ3) is 4.19. The van der Waals surface area contributed by atoms with Crippen molar-refractivity contribution in [3.05, 3.63) is 83.9 Å². The number of carbonyl (C=O) groups is 1. The van der Waals surface area contributed by atoms with Gasteiger partial charge in [0.05, 0.1) is 5.56 Å². The van der Waals surface area contributed by atoms with Crippen LogP contribution in [0.4, 0.5) is 10.5 Å². The van der Waals surface area contributed by atoms with Gasteiger partial charge in [0.1, 0.15) is 18.4 Å². The fraction of sp³-hybridized carbons (Fsp3) is 0.0476. The molecule has 0 bridgehead atoms. The molecule has 0 aliphatic heterocycles. The van der Waals surface area contributed by atoms with Crippen LogP contribution in [0.25, 0.3) is 11.1 Å². The minimum atomic E-state index is -0.530. The standard InChI is InChI=1S/C21H16N2O3/c22-13-18-12-17(8-11-20(18)24)16-6-9-19(10-7-16)23-21(25)26-14-15-4-2-1-3-5-15/h1-12,24H,14H2,(H,23,25). The first kappa shape index (κ1) is 17.1. The van der Waals surface area contributed by atoms with Crippen molar-refractivity contribution in [3.63, 3.8) is 0 Å². The molecule has 0 atom stereocenters. The number of nitrogens with one attached hydrogen (secondary N) is 1. The molecule has 0 aliphatic carbocycles. The van der Waals surface area contributed by atoms with Crippen LogP contribution in [0.3, 0.4) is 0 Å². The zero-order valence-corrected chi connectivity index (χ0v) is 13.8. The van der Waals surface area contributed by atoms with Crippen LogP contribution in [0.5, 0.6) is 5.75 Å². The Balaban J connectivity index is 1.62. The first-order valence-electron chi connectivity index (χ1n) is 7.97. The zero-order valence-electron chi connectivity index (χ0n) is 13.8. The number of hydrogen-bond acceptors (Lipinski definition) is 4. The maximum atomic E-state index is 11.9. The normalized spacial score (nSPS) is 9.96. The Morgan fingerprint density at radius 1 is 1.00 bits per heavy atom. The Kier molecular flexibility index (Phi) is 5.16. The van der Waals surface area contributed by atoms with E-state index in [2.05, 4.69) is 5.32 Å². The zero-order chi connectivity index (χ0) is 18.4. The van der Waals surface area contributed by atoms with E-state index in [1.807, 2.05) is 48.5 Å². The molecule has 0 fully saturated rings. The summed E-state index contributed by atoms with van der Waals surface area (Å²) in [5.74, 6) is -0.0456. The lowest BCUT2D eigenvalue weighted by Gasteiger charge is -2.08. The Morgan fingerprint density at radius 2 is 1.69 bits per heavy atom. The van der Waals surface area contributed by atoms with Crippen LogP contribution in [0.1, 0.15) is 11.1 Å². The van der Waals surface area contributed by atoms with Gasteiger partial charge in [-0.25, -0.2) is 4.79 Å². The number of nitrogens with zero attached hydrogens (tertiary/aromatic N) is 1. The highest BCUT2D eigenvalue weighted by Crippen LogP contribution is 2.26. The van der Waals surface area contributed by atoms with Gasteiger partial charge in [0.2, 0.25) is 0 Å². The van der Waals surface area contributed by atoms with E-state index in [4.69, 9.17) is 10.00 Å². The molecule has 5 heteroatoms. The van der Waals surface area contributed by atoms with E-state index in [0.717, 1.165) is 16.7 Å². The van der Waals surface area contributed by atoms with Crippen LogP contribution in [-0.4, -0.2) is 11.2 Å². The highest BCUT2D eigenvalue weighted by Gasteiger charge is 2.06. The molecule has 0 heterocycles. The van der Waals surface area contributed by atoms with E-state index in [9.17, 15) is 9.90 Å². The molecule has 26 heavy (non-hydrogen) atoms. The van der Waals surface area contributed by atoms with E-state index >= 15 is 0 Å². The number of phenolic OH excluding ortho intramolecular Hbond substituents is 1. The molecule has 0 saturated heterocycles. The van der Waals surface area contributed by atoms with Gasteiger partial charge in [-0.2, -0.15) is 5.26 Å². The number of rotatable bonds is 4. The van der Waals surface area contributed by atoms with Crippen molar-refractivity contribution in [2.45, 2.75) is 6.61 Å². The molecule has 0 radical (unpaired) electrons. The van der Waals surface area contributed by atoms with E-state index in [-0.39, 0.29) is 17.9 Å². The van der Waals surface area contributed by atoms with Crippen molar-refractivity contribution in [1.29, 1.82) is 5.26 Å². The highest BCUT2D eigenvalue weighted by atomic mass is 16.5. The van der Waals surface area contributed by atoms with Gasteiger partial charge < -0.3 is 9.84 Å². The molecule has 0 saturated carbocycles. The molecule has 3 aromatic carbocycles. The van der Waals surface area contributed by atoms with Gasteiger partial charge in [-0.15, -0.1) is 0 Å². The fourth-order valence-corrected chi connectivity index (χ4v) is 2.43. The van der Waals surface area contributed by atoms with Crippen LogP contribution < -0.4 is 5.32 Å². The van der Waals surface area contributed by atoms with Gasteiger partial charge >= 0.3 is 6.09 Å². The number of phenols is 1. The lowest BCUT2D eigenvalue weighted by molar-refractivity contribution is 0.155. The second kappa shape index (κ2) is 7.86. The largest absolute Gasteiger partial charge is 0.507 e. The SMILES string of the molecule is N#Cc1cc(-c2ccc(NC(=O)OCc3ccccc3)cc2)ccc1O. The number of amides is 1. The molecule has 0 aliphatic rings. The second-order valence-corrected chi connectivity index (χ2v) is 5.61. The first-order chi connectivity index (χ1) is 12.7. The third-order valence-corrected chi connectivity index (χ3v) is 3.79. The molecule has 3 rings (SSSR count). The summed E-state index contributed by atoms with van der Waals surface area (Å²) >= 11 is 0. The lowest BCUT2D eigenvalue weighted by atomic mass is 10.0. The van der Waals surface area contributed by atoms with E-state index < -0.39 is 6.09 Å². The maximum absolute atomic E-state index is 11.9. The number of anilines is 1. The number of ether oxygens (including phenoxy) is 1. The Bertz CT molecular complexity index is 945. The number of nitriles is 1. The summed E-state index contributed by atoms with van der Waals surface area (Å²) in [6.07, 6.45) is -0.530. The first-order valence-corrected chi connectivity index (χ1v) is 7.97. The number of benzene rings is 3. The minimum absolute atomic E-state index is 0.0456. The summed E-state index contributed by atoms with van der Waals surface area (Å²) in [6.45, 7) is 0.204. The molecule has 128 valence electrons. The van der Waals surface area contributed by atoms with Gasteiger partial charge in [-0.1, -0.05) is 48.5 Å². The van der Waals surface area contributed by atoms with Crippen LogP contribution in [-0.2, 0) is 11.3 Å². The Hall–Kier alpha value is -3.78. The smallest absolute Gasteiger partial charge is 0.411 e. The van der Waals surface area contributed by atoms with Crippen molar-refractivity contribution < 1.29 is 14.6 Å². The van der Waals surface area contributed by atoms with Gasteiger partial charge in [0, 0.05) is 5.69 Å². The second-order valence-electron chi connectivity index (χ2n) is 5.61. The predicted molar refractivity (Wildman–Crippen MR) is 98.5 cm³/mol. The van der Waals surface area contributed by atoms with Gasteiger partial charge in [-0.3, -0.25) is 5.32 Å². The summed E-state index contributed by atoms with van der Waals surface area (Å²) in [7, 11) is 0. The fourth-order valence-electron chi connectivity index (χ4n) is 2.43. The third-order valence-electron chi connectivity index (χ3n) is 3.79. The average Bonchev–Trinajstić information content (AvgIpc) is 2.68. The maximum Gasteiger partial charge on any atom is 0.411 e. The molecule has 0 aromatic heterocycles. The molecular weight excluding hydrogens is 328 g/mol.